The van der Waals surface area contributed by atoms with E-state index in [1.165, 1.54) is 6.07 Å². The molecule has 2 nitrogen and oxygen atoms in total. The van der Waals surface area contributed by atoms with E-state index >= 15 is 0 Å². The van der Waals surface area contributed by atoms with E-state index in [1.807, 2.05) is 0 Å². The molecule has 0 radical (unpaired) electrons. The number of benzene rings is 1. The predicted molar refractivity (Wildman–Crippen MR) is 90.6 cm³/mol. The molecule has 2 heterocycles. The molecule has 0 N–H and O–H groups in total. The Hall–Kier alpha value is -2.00. The molecule has 0 unspecified atom stereocenters. The van der Waals surface area contributed by atoms with Crippen LogP contribution in [0.1, 0.15) is 16.8 Å². The Balaban J connectivity index is 1.99. The van der Waals surface area contributed by atoms with Crippen LogP contribution in [0.4, 0.5) is 26.3 Å². The van der Waals surface area contributed by atoms with Gasteiger partial charge in [-0.3, -0.25) is 0 Å². The smallest absolute Gasteiger partial charge is 0.224 e. The zero-order valence-electron chi connectivity index (χ0n) is 13.2. The molecule has 0 fully saturated rings. The van der Waals surface area contributed by atoms with E-state index in [4.69, 9.17) is 11.6 Å². The van der Waals surface area contributed by atoms with Crippen LogP contribution in [0.25, 0.3) is 11.0 Å². The summed E-state index contributed by atoms with van der Waals surface area (Å²) >= 11 is 6.95. The van der Waals surface area contributed by atoms with Gasteiger partial charge in [0.2, 0.25) is 0 Å². The van der Waals surface area contributed by atoms with E-state index in [0.717, 1.165) is 23.4 Å². The second-order valence-corrected chi connectivity index (χ2v) is 6.92. The Labute approximate surface area is 158 Å². The summed E-state index contributed by atoms with van der Waals surface area (Å²) in [5.41, 5.74) is -2.77. The molecule has 0 aliphatic heterocycles. The van der Waals surface area contributed by atoms with Crippen LogP contribution in [0.3, 0.4) is 0 Å². The van der Waals surface area contributed by atoms with Crippen molar-refractivity contribution >= 4 is 34.4 Å². The first-order chi connectivity index (χ1) is 12.5. The number of pyridine rings is 2. The van der Waals surface area contributed by atoms with Gasteiger partial charge in [0.05, 0.1) is 10.6 Å². The van der Waals surface area contributed by atoms with Gasteiger partial charge in [-0.25, -0.2) is 9.97 Å². The molecule has 0 bridgehead atoms. The Morgan fingerprint density at radius 2 is 1.52 bits per heavy atom. The van der Waals surface area contributed by atoms with E-state index in [-0.39, 0.29) is 11.1 Å². The van der Waals surface area contributed by atoms with Crippen molar-refractivity contribution in [3.63, 3.8) is 0 Å². The van der Waals surface area contributed by atoms with Gasteiger partial charge < -0.3 is 0 Å². The number of fused-ring (bicyclic) bond motifs is 1. The Morgan fingerprint density at radius 1 is 0.852 bits per heavy atom. The first-order valence-corrected chi connectivity index (χ1v) is 8.74. The first-order valence-electron chi connectivity index (χ1n) is 7.37. The van der Waals surface area contributed by atoms with Crippen molar-refractivity contribution in [2.45, 2.75) is 23.1 Å². The van der Waals surface area contributed by atoms with Gasteiger partial charge in [-0.05, 0) is 35.9 Å². The van der Waals surface area contributed by atoms with E-state index in [1.54, 1.807) is 24.3 Å². The minimum absolute atomic E-state index is 0.00450. The highest BCUT2D eigenvalue weighted by Crippen LogP contribution is 2.38. The van der Waals surface area contributed by atoms with Crippen LogP contribution in [0.2, 0.25) is 5.02 Å². The molecule has 0 aliphatic carbocycles. The third-order valence-corrected chi connectivity index (χ3v) is 4.80. The highest BCUT2D eigenvalue weighted by Gasteiger charge is 2.39. The number of halogens is 7. The fourth-order valence-electron chi connectivity index (χ4n) is 2.29. The molecule has 3 rings (SSSR count). The van der Waals surface area contributed by atoms with Gasteiger partial charge in [0, 0.05) is 16.2 Å². The van der Waals surface area contributed by atoms with Crippen molar-refractivity contribution in [1.29, 1.82) is 0 Å². The molecular weight excluding hydrogens is 414 g/mol. The summed E-state index contributed by atoms with van der Waals surface area (Å²) in [6, 6.07) is 9.30. The van der Waals surface area contributed by atoms with Crippen LogP contribution in [0.15, 0.2) is 47.5 Å². The zero-order valence-corrected chi connectivity index (χ0v) is 14.8. The number of alkyl halides is 6. The molecule has 0 amide bonds. The van der Waals surface area contributed by atoms with Crippen molar-refractivity contribution < 1.29 is 26.3 Å². The predicted octanol–water partition coefficient (Wildman–Crippen LogP) is 6.61. The lowest BCUT2D eigenvalue weighted by molar-refractivity contribution is -0.144. The molecule has 0 spiro atoms. The number of hydrogen-bond acceptors (Lipinski definition) is 3. The lowest BCUT2D eigenvalue weighted by Crippen LogP contribution is -2.14. The summed E-state index contributed by atoms with van der Waals surface area (Å²) in [6.07, 6.45) is -9.97. The third kappa shape index (κ3) is 4.65. The standard InChI is InChI=1S/C17H9ClF6N2S/c18-10-3-1-9(2-4-10)8-27-14-6-5-11-12(16(19,20)21)7-13(17(22,23)24)25-15(11)26-14/h1-7H,8H2. The molecule has 27 heavy (non-hydrogen) atoms. The minimum atomic E-state index is -5.01. The van der Waals surface area contributed by atoms with Crippen molar-refractivity contribution in [2.75, 3.05) is 0 Å². The Bertz CT molecular complexity index is 970. The maximum atomic E-state index is 13.1. The van der Waals surface area contributed by atoms with E-state index in [9.17, 15) is 26.3 Å². The molecule has 0 saturated carbocycles. The zero-order chi connectivity index (χ0) is 19.8. The van der Waals surface area contributed by atoms with Gasteiger partial charge in [0.1, 0.15) is 5.69 Å². The maximum absolute atomic E-state index is 13.1. The molecule has 0 saturated heterocycles. The molecule has 3 aromatic rings. The first kappa shape index (κ1) is 19.8. The maximum Gasteiger partial charge on any atom is 0.433 e. The number of thioether (sulfide) groups is 1. The van der Waals surface area contributed by atoms with Crippen LogP contribution < -0.4 is 0 Å². The highest BCUT2D eigenvalue weighted by molar-refractivity contribution is 7.98. The fraction of sp³-hybridized carbons (Fsp3) is 0.176. The number of nitrogens with zero attached hydrogens (tertiary/aromatic N) is 2. The largest absolute Gasteiger partial charge is 0.433 e. The lowest BCUT2D eigenvalue weighted by atomic mass is 10.1. The second kappa shape index (κ2) is 7.20. The quantitative estimate of drug-likeness (QED) is 0.350. The number of aromatic nitrogens is 2. The molecular formula is C17H9ClF6N2S. The molecule has 1 aromatic carbocycles. The summed E-state index contributed by atoms with van der Waals surface area (Å²) in [7, 11) is 0. The average Bonchev–Trinajstić information content (AvgIpc) is 2.58. The number of hydrogen-bond donors (Lipinski definition) is 0. The van der Waals surface area contributed by atoms with Gasteiger partial charge in [-0.1, -0.05) is 23.7 Å². The van der Waals surface area contributed by atoms with Crippen LogP contribution in [0.5, 0.6) is 0 Å². The van der Waals surface area contributed by atoms with E-state index < -0.39 is 34.6 Å². The summed E-state index contributed by atoms with van der Waals surface area (Å²) in [4.78, 5) is 7.16. The summed E-state index contributed by atoms with van der Waals surface area (Å²) in [6.45, 7) is 0. The highest BCUT2D eigenvalue weighted by atomic mass is 35.5. The Kier molecular flexibility index (Phi) is 5.27. The average molecular weight is 423 g/mol. The molecule has 0 atom stereocenters. The van der Waals surface area contributed by atoms with Crippen LogP contribution >= 0.6 is 23.4 Å². The molecule has 10 heteroatoms. The summed E-state index contributed by atoms with van der Waals surface area (Å²) < 4.78 is 78.2. The number of rotatable bonds is 3. The second-order valence-electron chi connectivity index (χ2n) is 5.49. The van der Waals surface area contributed by atoms with Crippen molar-refractivity contribution in [3.05, 3.63) is 64.3 Å². The molecule has 2 aromatic heterocycles. The van der Waals surface area contributed by atoms with Crippen LogP contribution in [-0.2, 0) is 18.1 Å². The fourth-order valence-corrected chi connectivity index (χ4v) is 3.23. The Morgan fingerprint density at radius 3 is 2.11 bits per heavy atom. The minimum Gasteiger partial charge on any atom is -0.224 e. The molecule has 0 aliphatic rings. The SMILES string of the molecule is FC(F)(F)c1cc(C(F)(F)F)c2ccc(SCc3ccc(Cl)cc3)nc2n1. The van der Waals surface area contributed by atoms with Crippen LogP contribution in [-0.4, -0.2) is 9.97 Å². The normalized spacial score (nSPS) is 12.6. The van der Waals surface area contributed by atoms with Crippen molar-refractivity contribution in [1.82, 2.24) is 9.97 Å². The van der Waals surface area contributed by atoms with Gasteiger partial charge in [-0.2, -0.15) is 26.3 Å². The summed E-state index contributed by atoms with van der Waals surface area (Å²) in [5.74, 6) is 0.417. The van der Waals surface area contributed by atoms with Crippen LogP contribution in [0, 0.1) is 0 Å². The third-order valence-electron chi connectivity index (χ3n) is 3.54. The topological polar surface area (TPSA) is 25.8 Å². The van der Waals surface area contributed by atoms with Gasteiger partial charge in [0.25, 0.3) is 0 Å². The van der Waals surface area contributed by atoms with E-state index in [2.05, 4.69) is 9.97 Å². The molecule has 142 valence electrons. The van der Waals surface area contributed by atoms with Gasteiger partial charge in [-0.15, -0.1) is 11.8 Å². The summed E-state index contributed by atoms with van der Waals surface area (Å²) in [5, 5.41) is 0.333. The van der Waals surface area contributed by atoms with Gasteiger partial charge in [0.15, 0.2) is 5.65 Å². The lowest BCUT2D eigenvalue weighted by Gasteiger charge is -2.14. The van der Waals surface area contributed by atoms with Gasteiger partial charge >= 0.3 is 12.4 Å². The van der Waals surface area contributed by atoms with Crippen molar-refractivity contribution in [2.24, 2.45) is 0 Å². The van der Waals surface area contributed by atoms with E-state index in [0.29, 0.717) is 10.8 Å². The van der Waals surface area contributed by atoms with Crippen molar-refractivity contribution in [3.8, 4) is 0 Å². The monoisotopic (exact) mass is 422 g/mol.